The molecule has 0 spiro atoms. The number of hydrogen-bond donors (Lipinski definition) is 0. The Morgan fingerprint density at radius 2 is 1.61 bits per heavy atom. The van der Waals surface area contributed by atoms with Gasteiger partial charge in [-0.1, -0.05) is 0 Å². The van der Waals surface area contributed by atoms with Gasteiger partial charge in [0.2, 0.25) is 21.8 Å². The van der Waals surface area contributed by atoms with Crippen molar-refractivity contribution in [3.63, 3.8) is 0 Å². The SMILES string of the molecule is COc1cc(C)c(S(=O)(=O)N(C)CCOCC(=O)N(C)[C@H]2CC[C@@H](C(=O)N3CC[C@H](N4CCCC4)C3)CC2)c(C)c1. The molecule has 2 saturated heterocycles. The molecule has 0 radical (unpaired) electrons. The minimum absolute atomic E-state index is 0.0544. The van der Waals surface area contributed by atoms with Crippen LogP contribution in [0.5, 0.6) is 5.75 Å². The van der Waals surface area contributed by atoms with Crippen LogP contribution in [-0.2, 0) is 24.3 Å². The van der Waals surface area contributed by atoms with Crippen LogP contribution in [0.1, 0.15) is 56.1 Å². The first-order valence-corrected chi connectivity index (χ1v) is 16.4. The summed E-state index contributed by atoms with van der Waals surface area (Å²) in [6, 6.07) is 4.03. The van der Waals surface area contributed by atoms with E-state index in [1.165, 1.54) is 37.3 Å². The van der Waals surface area contributed by atoms with E-state index in [0.717, 1.165) is 45.2 Å². The van der Waals surface area contributed by atoms with Gasteiger partial charge in [-0.15, -0.1) is 0 Å². The van der Waals surface area contributed by atoms with Gasteiger partial charge < -0.3 is 19.3 Å². The number of amides is 2. The second-order valence-electron chi connectivity index (χ2n) is 11.9. The third kappa shape index (κ3) is 7.42. The van der Waals surface area contributed by atoms with Gasteiger partial charge in [-0.3, -0.25) is 14.5 Å². The van der Waals surface area contributed by atoms with E-state index in [1.807, 2.05) is 0 Å². The maximum absolute atomic E-state index is 13.2. The summed E-state index contributed by atoms with van der Waals surface area (Å²) in [5, 5.41) is 0. The van der Waals surface area contributed by atoms with Gasteiger partial charge in [0.15, 0.2) is 0 Å². The lowest BCUT2D eigenvalue weighted by atomic mass is 9.84. The second-order valence-corrected chi connectivity index (χ2v) is 13.9. The quantitative estimate of drug-likeness (QED) is 0.365. The van der Waals surface area contributed by atoms with Crippen LogP contribution in [0.3, 0.4) is 0 Å². The Balaban J connectivity index is 1.17. The summed E-state index contributed by atoms with van der Waals surface area (Å²) in [6.07, 6.45) is 6.86. The Kier molecular flexibility index (Phi) is 10.7. The van der Waals surface area contributed by atoms with Crippen molar-refractivity contribution in [3.05, 3.63) is 23.3 Å². The van der Waals surface area contributed by atoms with Gasteiger partial charge in [-0.2, -0.15) is 4.31 Å². The zero-order chi connectivity index (χ0) is 29.7. The van der Waals surface area contributed by atoms with Crippen molar-refractivity contribution in [2.24, 2.45) is 5.92 Å². The monoisotopic (exact) mass is 592 g/mol. The summed E-state index contributed by atoms with van der Waals surface area (Å²) >= 11 is 0. The molecule has 4 rings (SSSR count). The van der Waals surface area contributed by atoms with Crippen molar-refractivity contribution in [3.8, 4) is 5.75 Å². The lowest BCUT2D eigenvalue weighted by Crippen LogP contribution is -2.44. The fourth-order valence-electron chi connectivity index (χ4n) is 6.68. The standard InChI is InChI=1S/C30H48N4O6S/c1-22-18-27(39-5)19-23(2)29(22)41(37,38)31(3)16-17-40-21-28(35)32(4)25-10-8-24(9-11-25)30(36)34-15-12-26(20-34)33-13-6-7-14-33/h18-19,24-26H,6-17,20-21H2,1-5H3/t24-,25+,26-/m0/s1. The molecule has 2 aliphatic heterocycles. The lowest BCUT2D eigenvalue weighted by molar-refractivity contribution is -0.139. The third-order valence-electron chi connectivity index (χ3n) is 9.23. The van der Waals surface area contributed by atoms with Gasteiger partial charge in [0.25, 0.3) is 0 Å². The van der Waals surface area contributed by atoms with E-state index in [4.69, 9.17) is 9.47 Å². The predicted molar refractivity (Wildman–Crippen MR) is 157 cm³/mol. The smallest absolute Gasteiger partial charge is 0.248 e. The molecule has 1 atom stereocenters. The molecule has 230 valence electrons. The molecule has 3 aliphatic rings. The molecule has 1 saturated carbocycles. The van der Waals surface area contributed by atoms with Crippen molar-refractivity contribution in [1.29, 1.82) is 0 Å². The normalized spacial score (nSPS) is 23.8. The first-order chi connectivity index (χ1) is 19.5. The average Bonchev–Trinajstić information content (AvgIpc) is 3.66. The van der Waals surface area contributed by atoms with Gasteiger partial charge in [-0.25, -0.2) is 8.42 Å². The summed E-state index contributed by atoms with van der Waals surface area (Å²) < 4.78 is 38.5. The number of likely N-dealkylation sites (tertiary alicyclic amines) is 2. The Labute approximate surface area is 246 Å². The molecule has 11 heteroatoms. The number of ether oxygens (including phenoxy) is 2. The van der Waals surface area contributed by atoms with Crippen LogP contribution in [0, 0.1) is 19.8 Å². The van der Waals surface area contributed by atoms with Gasteiger partial charge >= 0.3 is 0 Å². The third-order valence-corrected chi connectivity index (χ3v) is 11.4. The molecule has 1 aromatic carbocycles. The molecule has 1 aliphatic carbocycles. The van der Waals surface area contributed by atoms with E-state index >= 15 is 0 Å². The van der Waals surface area contributed by atoms with E-state index in [-0.39, 0.29) is 42.5 Å². The number of benzene rings is 1. The highest BCUT2D eigenvalue weighted by Crippen LogP contribution is 2.31. The predicted octanol–water partition coefficient (Wildman–Crippen LogP) is 2.66. The molecular formula is C30H48N4O6S. The Morgan fingerprint density at radius 3 is 2.22 bits per heavy atom. The lowest BCUT2D eigenvalue weighted by Gasteiger charge is -2.35. The number of carbonyl (C=O) groups excluding carboxylic acids is 2. The van der Waals surface area contributed by atoms with Crippen molar-refractivity contribution in [1.82, 2.24) is 19.0 Å². The van der Waals surface area contributed by atoms with Crippen molar-refractivity contribution in [2.75, 3.05) is 67.1 Å². The number of rotatable bonds is 11. The molecular weight excluding hydrogens is 544 g/mol. The second kappa shape index (κ2) is 13.8. The summed E-state index contributed by atoms with van der Waals surface area (Å²) in [4.78, 5) is 32.6. The maximum atomic E-state index is 13.2. The molecule has 0 bridgehead atoms. The number of aryl methyl sites for hydroxylation is 2. The van der Waals surface area contributed by atoms with Crippen LogP contribution in [0.25, 0.3) is 0 Å². The zero-order valence-electron chi connectivity index (χ0n) is 25.4. The number of carbonyl (C=O) groups is 2. The number of nitrogens with zero attached hydrogens (tertiary/aromatic N) is 4. The number of sulfonamides is 1. The van der Waals surface area contributed by atoms with E-state index in [2.05, 4.69) is 9.80 Å². The first-order valence-electron chi connectivity index (χ1n) is 15.0. The Bertz CT molecular complexity index is 1150. The molecule has 2 heterocycles. The van der Waals surface area contributed by atoms with Gasteiger partial charge in [0.1, 0.15) is 12.4 Å². The van der Waals surface area contributed by atoms with Gasteiger partial charge in [-0.05, 0) is 95.1 Å². The van der Waals surface area contributed by atoms with E-state index in [0.29, 0.717) is 28.8 Å². The number of methoxy groups -OCH3 is 1. The van der Waals surface area contributed by atoms with Crippen LogP contribution >= 0.6 is 0 Å². The van der Waals surface area contributed by atoms with Crippen LogP contribution < -0.4 is 4.74 Å². The zero-order valence-corrected chi connectivity index (χ0v) is 26.2. The number of likely N-dealkylation sites (N-methyl/N-ethyl adjacent to an activating group) is 2. The van der Waals surface area contributed by atoms with Crippen LogP contribution in [-0.4, -0.2) is 118 Å². The van der Waals surface area contributed by atoms with Crippen LogP contribution in [0.15, 0.2) is 17.0 Å². The van der Waals surface area contributed by atoms with Crippen molar-refractivity contribution in [2.45, 2.75) is 75.8 Å². The van der Waals surface area contributed by atoms with Crippen LogP contribution in [0.4, 0.5) is 0 Å². The molecule has 10 nitrogen and oxygen atoms in total. The summed E-state index contributed by atoms with van der Waals surface area (Å²) in [5.41, 5.74) is 1.24. The summed E-state index contributed by atoms with van der Waals surface area (Å²) in [7, 11) is 1.15. The summed E-state index contributed by atoms with van der Waals surface area (Å²) in [5.74, 6) is 0.839. The molecule has 0 aromatic heterocycles. The van der Waals surface area contributed by atoms with E-state index in [1.54, 1.807) is 45.0 Å². The first kappa shape index (κ1) is 31.7. The maximum Gasteiger partial charge on any atom is 0.248 e. The topological polar surface area (TPSA) is 99.7 Å². The molecule has 1 aromatic rings. The van der Waals surface area contributed by atoms with Crippen LogP contribution in [0.2, 0.25) is 0 Å². The largest absolute Gasteiger partial charge is 0.497 e. The average molecular weight is 593 g/mol. The van der Waals surface area contributed by atoms with Gasteiger partial charge in [0.05, 0.1) is 18.6 Å². The van der Waals surface area contributed by atoms with Crippen molar-refractivity contribution >= 4 is 21.8 Å². The Hall–Kier alpha value is -2.21. The fourth-order valence-corrected chi connectivity index (χ4v) is 8.24. The number of hydrogen-bond acceptors (Lipinski definition) is 7. The molecule has 0 unspecified atom stereocenters. The Morgan fingerprint density at radius 1 is 0.976 bits per heavy atom. The molecule has 41 heavy (non-hydrogen) atoms. The minimum Gasteiger partial charge on any atom is -0.497 e. The summed E-state index contributed by atoms with van der Waals surface area (Å²) in [6.45, 7) is 7.71. The molecule has 3 fully saturated rings. The highest BCUT2D eigenvalue weighted by Gasteiger charge is 2.36. The molecule has 0 N–H and O–H groups in total. The van der Waals surface area contributed by atoms with Crippen molar-refractivity contribution < 1.29 is 27.5 Å². The highest BCUT2D eigenvalue weighted by atomic mass is 32.2. The fraction of sp³-hybridized carbons (Fsp3) is 0.733. The van der Waals surface area contributed by atoms with E-state index in [9.17, 15) is 18.0 Å². The molecule has 2 amide bonds. The minimum atomic E-state index is -3.72. The highest BCUT2D eigenvalue weighted by molar-refractivity contribution is 7.89. The van der Waals surface area contributed by atoms with E-state index < -0.39 is 10.0 Å². The van der Waals surface area contributed by atoms with Gasteiger partial charge in [0, 0.05) is 51.7 Å².